The van der Waals surface area contributed by atoms with Crippen molar-refractivity contribution in [3.63, 3.8) is 0 Å². The molecule has 0 bridgehead atoms. The van der Waals surface area contributed by atoms with Crippen molar-refractivity contribution >= 4 is 28.2 Å². The lowest BCUT2D eigenvalue weighted by Gasteiger charge is -2.34. The van der Waals surface area contributed by atoms with Crippen LogP contribution >= 0.6 is 0 Å². The van der Waals surface area contributed by atoms with E-state index in [0.717, 1.165) is 58.5 Å². The van der Waals surface area contributed by atoms with Crippen molar-refractivity contribution in [1.82, 2.24) is 4.57 Å². The summed E-state index contributed by atoms with van der Waals surface area (Å²) in [5.41, 5.74) is 6.92. The zero-order valence-electron chi connectivity index (χ0n) is 22.1. The van der Waals surface area contributed by atoms with Crippen LogP contribution in [0.2, 0.25) is 0 Å². The van der Waals surface area contributed by atoms with Gasteiger partial charge in [0.05, 0.1) is 5.56 Å². The minimum atomic E-state index is -1.06. The number of aromatic nitrogens is 1. The number of benzene rings is 3. The van der Waals surface area contributed by atoms with Crippen molar-refractivity contribution in [1.29, 1.82) is 0 Å². The van der Waals surface area contributed by atoms with E-state index in [0.29, 0.717) is 5.56 Å². The van der Waals surface area contributed by atoms with Gasteiger partial charge in [-0.1, -0.05) is 55.8 Å². The Morgan fingerprint density at radius 2 is 1.61 bits per heavy atom. The summed E-state index contributed by atoms with van der Waals surface area (Å²) in [6.07, 6.45) is 2.20. The van der Waals surface area contributed by atoms with Crippen LogP contribution in [0.1, 0.15) is 52.5 Å². The average molecular weight is 482 g/mol. The molecule has 1 aliphatic rings. The van der Waals surface area contributed by atoms with Gasteiger partial charge in [0.25, 0.3) is 0 Å². The molecule has 2 heterocycles. The largest absolute Gasteiger partial charge is 0.440 e. The van der Waals surface area contributed by atoms with Crippen LogP contribution in [0, 0.1) is 6.92 Å². The molecule has 0 fully saturated rings. The zero-order valence-corrected chi connectivity index (χ0v) is 22.1. The van der Waals surface area contributed by atoms with Crippen LogP contribution in [0.25, 0.3) is 10.9 Å². The fourth-order valence-electron chi connectivity index (χ4n) is 5.68. The van der Waals surface area contributed by atoms with Gasteiger partial charge in [0.2, 0.25) is 0 Å². The Labute approximate surface area is 213 Å². The molecule has 1 unspecified atom stereocenters. The van der Waals surface area contributed by atoms with Gasteiger partial charge < -0.3 is 19.1 Å². The van der Waals surface area contributed by atoms with E-state index in [1.54, 1.807) is 0 Å². The highest BCUT2D eigenvalue weighted by Crippen LogP contribution is 2.53. The van der Waals surface area contributed by atoms with Crippen LogP contribution in [-0.2, 0) is 16.9 Å². The number of carbonyl (C=O) groups excluding carboxylic acids is 1. The van der Waals surface area contributed by atoms with Gasteiger partial charge in [-0.3, -0.25) is 0 Å². The molecule has 0 saturated heterocycles. The number of ether oxygens (including phenoxy) is 1. The average Bonchev–Trinajstić information content (AvgIpc) is 3.33. The van der Waals surface area contributed by atoms with E-state index in [-0.39, 0.29) is 5.97 Å². The minimum Gasteiger partial charge on any atom is -0.440 e. The van der Waals surface area contributed by atoms with Crippen LogP contribution in [-0.4, -0.2) is 38.7 Å². The fourth-order valence-corrected chi connectivity index (χ4v) is 5.68. The first-order valence-corrected chi connectivity index (χ1v) is 12.7. The highest BCUT2D eigenvalue weighted by Gasteiger charge is 2.52. The van der Waals surface area contributed by atoms with Crippen molar-refractivity contribution in [2.24, 2.45) is 0 Å². The Morgan fingerprint density at radius 1 is 0.889 bits per heavy atom. The Bertz CT molecular complexity index is 1450. The second-order valence-corrected chi connectivity index (χ2v) is 10.1. The Hall–Kier alpha value is -3.73. The van der Waals surface area contributed by atoms with Crippen molar-refractivity contribution < 1.29 is 9.53 Å². The zero-order chi connectivity index (χ0) is 25.6. The van der Waals surface area contributed by atoms with E-state index in [4.69, 9.17) is 4.74 Å². The van der Waals surface area contributed by atoms with Crippen molar-refractivity contribution in [2.45, 2.75) is 38.8 Å². The van der Waals surface area contributed by atoms with E-state index in [1.165, 1.54) is 5.52 Å². The van der Waals surface area contributed by atoms with Crippen LogP contribution in [0.4, 0.5) is 11.4 Å². The predicted octanol–water partition coefficient (Wildman–Crippen LogP) is 6.34. The van der Waals surface area contributed by atoms with Crippen molar-refractivity contribution in [3.8, 4) is 0 Å². The lowest BCUT2D eigenvalue weighted by Crippen LogP contribution is -2.32. The maximum atomic E-state index is 13.5. The quantitative estimate of drug-likeness (QED) is 0.289. The molecule has 1 aromatic heterocycles. The predicted molar refractivity (Wildman–Crippen MR) is 148 cm³/mol. The number of carbonyl (C=O) groups is 1. The van der Waals surface area contributed by atoms with Gasteiger partial charge in [-0.15, -0.1) is 0 Å². The standard InChI is InChI=1S/C31H35N3O2/c1-7-8-19-34-21(2)29(24-14-10-12-16-27(24)34)31(25-15-11-9-13-23(25)30(35)36-31)26-18-17-22(32(3)4)20-28(26)33(5)6/h9-18,20H,7-8,19H2,1-6H3. The molecule has 5 rings (SSSR count). The fraction of sp³-hybridized carbons (Fsp3) is 0.323. The van der Waals surface area contributed by atoms with Crippen molar-refractivity contribution in [3.05, 3.63) is 94.7 Å². The number of fused-ring (bicyclic) bond motifs is 2. The summed E-state index contributed by atoms with van der Waals surface area (Å²) in [5, 5.41) is 1.12. The number of para-hydroxylation sites is 1. The van der Waals surface area contributed by atoms with Gasteiger partial charge in [-0.05, 0) is 37.6 Å². The van der Waals surface area contributed by atoms with Gasteiger partial charge in [-0.2, -0.15) is 0 Å². The molecule has 1 atom stereocenters. The molecule has 3 aromatic carbocycles. The maximum Gasteiger partial charge on any atom is 0.340 e. The molecule has 0 aliphatic carbocycles. The third-order valence-corrected chi connectivity index (χ3v) is 7.45. The third kappa shape index (κ3) is 3.48. The second kappa shape index (κ2) is 9.05. The van der Waals surface area contributed by atoms with Crippen LogP contribution < -0.4 is 9.80 Å². The normalized spacial score (nSPS) is 16.8. The summed E-state index contributed by atoms with van der Waals surface area (Å²) in [7, 11) is 8.18. The molecule has 36 heavy (non-hydrogen) atoms. The number of aryl methyl sites for hydroxylation is 1. The Balaban J connectivity index is 1.93. The molecule has 5 nitrogen and oxygen atoms in total. The van der Waals surface area contributed by atoms with E-state index >= 15 is 0 Å². The summed E-state index contributed by atoms with van der Waals surface area (Å²) >= 11 is 0. The minimum absolute atomic E-state index is 0.281. The molecule has 1 aliphatic heterocycles. The van der Waals surface area contributed by atoms with Crippen LogP contribution in [0.3, 0.4) is 0 Å². The summed E-state index contributed by atoms with van der Waals surface area (Å²) in [6.45, 7) is 5.31. The van der Waals surface area contributed by atoms with Gasteiger partial charge in [-0.25, -0.2) is 4.79 Å². The number of anilines is 2. The summed E-state index contributed by atoms with van der Waals surface area (Å²) < 4.78 is 8.99. The SMILES string of the molecule is CCCCn1c(C)c(C2(c3ccc(N(C)C)cc3N(C)C)OC(=O)c3ccccc32)c2ccccc21. The van der Waals surface area contributed by atoms with Gasteiger partial charge in [0.15, 0.2) is 5.60 Å². The van der Waals surface area contributed by atoms with Crippen molar-refractivity contribution in [2.75, 3.05) is 38.0 Å². The molecule has 5 heteroatoms. The molecule has 0 spiro atoms. The lowest BCUT2D eigenvalue weighted by atomic mass is 9.77. The Morgan fingerprint density at radius 3 is 2.33 bits per heavy atom. The van der Waals surface area contributed by atoms with Crippen LogP contribution in [0.5, 0.6) is 0 Å². The van der Waals surface area contributed by atoms with Gasteiger partial charge >= 0.3 is 5.97 Å². The second-order valence-electron chi connectivity index (χ2n) is 10.1. The smallest absolute Gasteiger partial charge is 0.340 e. The first-order chi connectivity index (χ1) is 17.3. The molecule has 0 saturated carbocycles. The number of rotatable bonds is 7. The summed E-state index contributed by atoms with van der Waals surface area (Å²) in [5.74, 6) is -0.281. The molecule has 4 aromatic rings. The lowest BCUT2D eigenvalue weighted by molar-refractivity contribution is 0.0255. The Kier molecular flexibility index (Phi) is 6.03. The number of cyclic esters (lactones) is 1. The highest BCUT2D eigenvalue weighted by molar-refractivity contribution is 5.99. The number of unbranched alkanes of at least 4 members (excludes halogenated alkanes) is 1. The monoisotopic (exact) mass is 481 g/mol. The van der Waals surface area contributed by atoms with E-state index in [1.807, 2.05) is 46.4 Å². The highest BCUT2D eigenvalue weighted by atomic mass is 16.6. The first kappa shape index (κ1) is 24.0. The summed E-state index contributed by atoms with van der Waals surface area (Å²) in [4.78, 5) is 17.7. The summed E-state index contributed by atoms with van der Waals surface area (Å²) in [6, 6.07) is 22.8. The molecule has 0 radical (unpaired) electrons. The topological polar surface area (TPSA) is 37.7 Å². The van der Waals surface area contributed by atoms with E-state index in [9.17, 15) is 4.79 Å². The van der Waals surface area contributed by atoms with Gasteiger partial charge in [0, 0.05) is 79.4 Å². The number of hydrogen-bond donors (Lipinski definition) is 0. The third-order valence-electron chi connectivity index (χ3n) is 7.45. The number of esters is 1. The molecule has 0 amide bonds. The van der Waals surface area contributed by atoms with Gasteiger partial charge in [0.1, 0.15) is 0 Å². The molecular formula is C31H35N3O2. The molecule has 186 valence electrons. The van der Waals surface area contributed by atoms with E-state index in [2.05, 4.69) is 76.7 Å². The molecular weight excluding hydrogens is 446 g/mol. The maximum absolute atomic E-state index is 13.5. The number of nitrogens with zero attached hydrogens (tertiary/aromatic N) is 3. The number of hydrogen-bond acceptors (Lipinski definition) is 4. The molecule has 0 N–H and O–H groups in total. The van der Waals surface area contributed by atoms with E-state index < -0.39 is 5.60 Å². The van der Waals surface area contributed by atoms with Crippen LogP contribution in [0.15, 0.2) is 66.7 Å². The first-order valence-electron chi connectivity index (χ1n) is 12.7.